The zero-order valence-corrected chi connectivity index (χ0v) is 13.9. The Bertz CT molecular complexity index is 684. The molecule has 0 bridgehead atoms. The number of nitrogens with zero attached hydrogens (tertiary/aromatic N) is 1. The second-order valence-electron chi connectivity index (χ2n) is 5.48. The molecule has 1 aromatic carbocycles. The lowest BCUT2D eigenvalue weighted by molar-refractivity contribution is -0.129. The van der Waals surface area contributed by atoms with Crippen LogP contribution in [0.2, 0.25) is 0 Å². The van der Waals surface area contributed by atoms with Gasteiger partial charge in [-0.25, -0.2) is 13.2 Å². The number of hydrogen-bond acceptors (Lipinski definition) is 6. The Hall–Kier alpha value is -2.09. The van der Waals surface area contributed by atoms with Gasteiger partial charge in [-0.2, -0.15) is 0 Å². The van der Waals surface area contributed by atoms with E-state index in [1.165, 1.54) is 12.0 Å². The Labute approximate surface area is 135 Å². The molecule has 0 aliphatic carbocycles. The van der Waals surface area contributed by atoms with Gasteiger partial charge in [-0.1, -0.05) is 0 Å². The summed E-state index contributed by atoms with van der Waals surface area (Å²) in [5, 5.41) is 2.96. The maximum absolute atomic E-state index is 12.1. The Balaban J connectivity index is 1.88. The summed E-state index contributed by atoms with van der Waals surface area (Å²) in [7, 11) is -0.0820. The van der Waals surface area contributed by atoms with Crippen molar-refractivity contribution in [3.63, 3.8) is 0 Å². The highest BCUT2D eigenvalue weighted by Gasteiger charge is 2.32. The SMILES string of the molecule is COC(=O)c1ccc(NCC(=O)N(C)C2CCS(=O)(=O)C2)cc1. The van der Waals surface area contributed by atoms with Crippen LogP contribution < -0.4 is 5.32 Å². The van der Waals surface area contributed by atoms with Gasteiger partial charge in [0, 0.05) is 18.8 Å². The summed E-state index contributed by atoms with van der Waals surface area (Å²) in [5.74, 6) is -0.431. The molecule has 2 rings (SSSR count). The molecule has 1 unspecified atom stereocenters. The molecule has 0 spiro atoms. The summed E-state index contributed by atoms with van der Waals surface area (Å²) in [6.45, 7) is 0.0601. The van der Waals surface area contributed by atoms with Gasteiger partial charge in [-0.05, 0) is 30.7 Å². The van der Waals surface area contributed by atoms with Crippen LogP contribution in [0.1, 0.15) is 16.8 Å². The fourth-order valence-corrected chi connectivity index (χ4v) is 4.20. The summed E-state index contributed by atoms with van der Waals surface area (Å²) in [4.78, 5) is 24.9. The summed E-state index contributed by atoms with van der Waals surface area (Å²) in [6.07, 6.45) is 0.485. The van der Waals surface area contributed by atoms with Crippen LogP contribution in [0.5, 0.6) is 0 Å². The zero-order chi connectivity index (χ0) is 17.0. The number of likely N-dealkylation sites (N-methyl/N-ethyl adjacent to an activating group) is 1. The van der Waals surface area contributed by atoms with Crippen LogP contribution in [-0.2, 0) is 19.4 Å². The van der Waals surface area contributed by atoms with Gasteiger partial charge in [-0.15, -0.1) is 0 Å². The molecule has 8 heteroatoms. The molecule has 1 aliphatic rings. The van der Waals surface area contributed by atoms with Gasteiger partial charge in [0.25, 0.3) is 0 Å². The van der Waals surface area contributed by atoms with Crippen LogP contribution in [0.3, 0.4) is 0 Å². The Morgan fingerprint density at radius 3 is 2.48 bits per heavy atom. The van der Waals surface area contributed by atoms with Gasteiger partial charge in [0.1, 0.15) is 0 Å². The molecular weight excluding hydrogens is 320 g/mol. The summed E-state index contributed by atoms with van der Waals surface area (Å²) in [6, 6.07) is 6.31. The number of nitrogens with one attached hydrogen (secondary N) is 1. The van der Waals surface area contributed by atoms with Crippen LogP contribution in [0.25, 0.3) is 0 Å². The maximum Gasteiger partial charge on any atom is 0.337 e. The molecule has 0 radical (unpaired) electrons. The molecule has 0 saturated carbocycles. The normalized spacial score (nSPS) is 19.1. The molecule has 0 aromatic heterocycles. The minimum atomic E-state index is -3.01. The fourth-order valence-electron chi connectivity index (χ4n) is 2.43. The number of sulfone groups is 1. The van der Waals surface area contributed by atoms with Gasteiger partial charge >= 0.3 is 5.97 Å². The van der Waals surface area contributed by atoms with Crippen molar-refractivity contribution in [2.24, 2.45) is 0 Å². The zero-order valence-electron chi connectivity index (χ0n) is 13.1. The van der Waals surface area contributed by atoms with Gasteiger partial charge in [0.2, 0.25) is 5.91 Å². The van der Waals surface area contributed by atoms with Gasteiger partial charge in [0.15, 0.2) is 9.84 Å². The summed E-state index contributed by atoms with van der Waals surface area (Å²) < 4.78 is 27.5. The molecule has 1 amide bonds. The highest BCUT2D eigenvalue weighted by molar-refractivity contribution is 7.91. The third-order valence-corrected chi connectivity index (χ3v) is 5.65. The monoisotopic (exact) mass is 340 g/mol. The van der Waals surface area contributed by atoms with E-state index in [4.69, 9.17) is 0 Å². The summed E-state index contributed by atoms with van der Waals surface area (Å²) >= 11 is 0. The second kappa shape index (κ2) is 6.99. The first-order valence-corrected chi connectivity index (χ1v) is 9.03. The maximum atomic E-state index is 12.1. The van der Waals surface area contributed by atoms with E-state index >= 15 is 0 Å². The number of anilines is 1. The van der Waals surface area contributed by atoms with Crippen LogP contribution in [0, 0.1) is 0 Å². The average molecular weight is 340 g/mol. The quantitative estimate of drug-likeness (QED) is 0.786. The van der Waals surface area contributed by atoms with Crippen molar-refractivity contribution in [2.75, 3.05) is 37.5 Å². The van der Waals surface area contributed by atoms with Crippen molar-refractivity contribution < 1.29 is 22.7 Å². The highest BCUT2D eigenvalue weighted by atomic mass is 32.2. The van der Waals surface area contributed by atoms with E-state index in [2.05, 4.69) is 10.1 Å². The molecule has 1 fully saturated rings. The number of benzene rings is 1. The lowest BCUT2D eigenvalue weighted by Crippen LogP contribution is -2.40. The molecular formula is C15H20N2O5S. The first-order chi connectivity index (χ1) is 10.8. The molecule has 1 heterocycles. The molecule has 1 atom stereocenters. The minimum Gasteiger partial charge on any atom is -0.465 e. The third-order valence-electron chi connectivity index (χ3n) is 3.90. The topological polar surface area (TPSA) is 92.8 Å². The number of ether oxygens (including phenoxy) is 1. The number of esters is 1. The number of carbonyl (C=O) groups is 2. The number of rotatable bonds is 5. The van der Waals surface area contributed by atoms with Crippen molar-refractivity contribution >= 4 is 27.4 Å². The van der Waals surface area contributed by atoms with E-state index in [1.54, 1.807) is 31.3 Å². The van der Waals surface area contributed by atoms with Gasteiger partial charge in [-0.3, -0.25) is 4.79 Å². The van der Waals surface area contributed by atoms with E-state index in [1.807, 2.05) is 0 Å². The highest BCUT2D eigenvalue weighted by Crippen LogP contribution is 2.17. The lowest BCUT2D eigenvalue weighted by atomic mass is 10.2. The van der Waals surface area contributed by atoms with Gasteiger partial charge < -0.3 is 15.0 Å². The lowest BCUT2D eigenvalue weighted by Gasteiger charge is -2.23. The van der Waals surface area contributed by atoms with Crippen molar-refractivity contribution in [2.45, 2.75) is 12.5 Å². The Morgan fingerprint density at radius 2 is 1.96 bits per heavy atom. The van der Waals surface area contributed by atoms with Crippen LogP contribution in [0.4, 0.5) is 5.69 Å². The van der Waals surface area contributed by atoms with Gasteiger partial charge in [0.05, 0.1) is 30.7 Å². The number of methoxy groups -OCH3 is 1. The molecule has 1 aliphatic heterocycles. The molecule has 7 nitrogen and oxygen atoms in total. The first-order valence-electron chi connectivity index (χ1n) is 7.21. The Morgan fingerprint density at radius 1 is 1.30 bits per heavy atom. The van der Waals surface area contributed by atoms with E-state index in [9.17, 15) is 18.0 Å². The van der Waals surface area contributed by atoms with Crippen molar-refractivity contribution in [3.8, 4) is 0 Å². The largest absolute Gasteiger partial charge is 0.465 e. The number of hydrogen-bond donors (Lipinski definition) is 1. The molecule has 126 valence electrons. The fraction of sp³-hybridized carbons (Fsp3) is 0.467. The number of amides is 1. The van der Waals surface area contributed by atoms with E-state index in [0.717, 1.165) is 0 Å². The summed E-state index contributed by atoms with van der Waals surface area (Å²) in [5.41, 5.74) is 1.12. The molecule has 1 saturated heterocycles. The third kappa shape index (κ3) is 4.44. The molecule has 23 heavy (non-hydrogen) atoms. The van der Waals surface area contributed by atoms with Crippen LogP contribution >= 0.6 is 0 Å². The predicted octanol–water partition coefficient (Wildman–Crippen LogP) is 0.531. The number of carbonyl (C=O) groups excluding carboxylic acids is 2. The predicted molar refractivity (Wildman–Crippen MR) is 86.1 cm³/mol. The molecule has 1 aromatic rings. The minimum absolute atomic E-state index is 0.0308. The first kappa shape index (κ1) is 17.3. The van der Waals surface area contributed by atoms with Crippen molar-refractivity contribution in [3.05, 3.63) is 29.8 Å². The van der Waals surface area contributed by atoms with Crippen molar-refractivity contribution in [1.29, 1.82) is 0 Å². The second-order valence-corrected chi connectivity index (χ2v) is 7.71. The average Bonchev–Trinajstić information content (AvgIpc) is 2.91. The van der Waals surface area contributed by atoms with Crippen LogP contribution in [0.15, 0.2) is 24.3 Å². The standard InChI is InChI=1S/C15H20N2O5S/c1-17(13-7-8-23(20,21)10-13)14(18)9-16-12-5-3-11(4-6-12)15(19)22-2/h3-6,13,16H,7-10H2,1-2H3. The van der Waals surface area contributed by atoms with E-state index in [-0.39, 0.29) is 30.0 Å². The van der Waals surface area contributed by atoms with E-state index in [0.29, 0.717) is 17.7 Å². The smallest absolute Gasteiger partial charge is 0.337 e. The van der Waals surface area contributed by atoms with Crippen molar-refractivity contribution in [1.82, 2.24) is 4.90 Å². The molecule has 1 N–H and O–H groups in total. The van der Waals surface area contributed by atoms with E-state index < -0.39 is 15.8 Å². The van der Waals surface area contributed by atoms with Crippen LogP contribution in [-0.4, -0.2) is 63.4 Å². The Kier molecular flexibility index (Phi) is 5.25.